The van der Waals surface area contributed by atoms with E-state index in [1.165, 1.54) is 88.2 Å². The van der Waals surface area contributed by atoms with E-state index >= 15 is 0 Å². The highest BCUT2D eigenvalue weighted by Gasteiger charge is 2.46. The van der Waals surface area contributed by atoms with Crippen LogP contribution < -0.4 is 0 Å². The van der Waals surface area contributed by atoms with Gasteiger partial charge in [0.1, 0.15) is 0 Å². The van der Waals surface area contributed by atoms with E-state index in [2.05, 4.69) is 134 Å². The first kappa shape index (κ1) is 41.9. The van der Waals surface area contributed by atoms with Gasteiger partial charge in [-0.25, -0.2) is 0 Å². The monoisotopic (exact) mass is 603 g/mol. The maximum atomic E-state index is 4.58. The van der Waals surface area contributed by atoms with Crippen LogP contribution in [-0.2, 0) is 0 Å². The molecule has 0 saturated heterocycles. The van der Waals surface area contributed by atoms with Crippen molar-refractivity contribution in [3.05, 3.63) is 96.7 Å². The Morgan fingerprint density at radius 1 is 0.523 bits per heavy atom. The van der Waals surface area contributed by atoms with Gasteiger partial charge in [-0.15, -0.1) is 6.58 Å². The zero-order chi connectivity index (χ0) is 32.8. The third-order valence-electron chi connectivity index (χ3n) is 8.80. The fourth-order valence-electron chi connectivity index (χ4n) is 6.12. The summed E-state index contributed by atoms with van der Waals surface area (Å²) in [6.07, 6.45) is 54.6. The topological polar surface area (TPSA) is 0 Å². The van der Waals surface area contributed by atoms with Crippen LogP contribution in [0.1, 0.15) is 170 Å². The Hall–Kier alpha value is -2.08. The molecule has 0 spiro atoms. The molecule has 2 atom stereocenters. The van der Waals surface area contributed by atoms with Gasteiger partial charge in [0.15, 0.2) is 0 Å². The predicted octanol–water partition coefficient (Wildman–Crippen LogP) is 15.3. The minimum atomic E-state index is -0.335. The van der Waals surface area contributed by atoms with E-state index in [9.17, 15) is 0 Å². The van der Waals surface area contributed by atoms with Crippen LogP contribution in [0.15, 0.2) is 96.7 Å². The summed E-state index contributed by atoms with van der Waals surface area (Å²) in [5.74, 6) is 0. The van der Waals surface area contributed by atoms with Crippen molar-refractivity contribution in [2.24, 2.45) is 10.8 Å². The zero-order valence-corrected chi connectivity index (χ0v) is 30.6. The highest BCUT2D eigenvalue weighted by atomic mass is 14.5. The lowest BCUT2D eigenvalue weighted by Crippen LogP contribution is -2.39. The van der Waals surface area contributed by atoms with E-state index < -0.39 is 0 Å². The second-order valence-electron chi connectivity index (χ2n) is 12.6. The summed E-state index contributed by atoms with van der Waals surface area (Å²) < 4.78 is 0. The maximum Gasteiger partial charge on any atom is 0.0443 e. The summed E-state index contributed by atoms with van der Waals surface area (Å²) in [4.78, 5) is 0. The average Bonchev–Trinajstić information content (AvgIpc) is 3.03. The Bertz CT molecular complexity index is 900. The largest absolute Gasteiger partial charge is 0.102 e. The van der Waals surface area contributed by atoms with Crippen LogP contribution in [0, 0.1) is 10.8 Å². The lowest BCUT2D eigenvalue weighted by Gasteiger charge is -2.47. The van der Waals surface area contributed by atoms with Crippen LogP contribution in [0.5, 0.6) is 0 Å². The normalized spacial score (nSPS) is 16.2. The third kappa shape index (κ3) is 15.8. The fraction of sp³-hybridized carbons (Fsp3) is 0.636. The quantitative estimate of drug-likeness (QED) is 0.0475. The number of rotatable bonds is 28. The van der Waals surface area contributed by atoms with Gasteiger partial charge in [-0.1, -0.05) is 191 Å². The van der Waals surface area contributed by atoms with Crippen LogP contribution in [0.3, 0.4) is 0 Å². The van der Waals surface area contributed by atoms with E-state index in [0.717, 1.165) is 44.9 Å². The first-order chi connectivity index (χ1) is 21.5. The zero-order valence-electron chi connectivity index (χ0n) is 30.6. The molecule has 44 heavy (non-hydrogen) atoms. The fourth-order valence-corrected chi connectivity index (χ4v) is 6.12. The third-order valence-corrected chi connectivity index (χ3v) is 8.80. The van der Waals surface area contributed by atoms with E-state index in [1.54, 1.807) is 0 Å². The second kappa shape index (κ2) is 28.4. The van der Waals surface area contributed by atoms with Crippen LogP contribution in [-0.4, -0.2) is 0 Å². The van der Waals surface area contributed by atoms with Crippen molar-refractivity contribution >= 4 is 0 Å². The van der Waals surface area contributed by atoms with Crippen LogP contribution >= 0.6 is 0 Å². The van der Waals surface area contributed by atoms with Crippen molar-refractivity contribution in [3.8, 4) is 0 Å². The predicted molar refractivity (Wildman–Crippen MR) is 204 cm³/mol. The van der Waals surface area contributed by atoms with Gasteiger partial charge in [0, 0.05) is 10.8 Å². The molecule has 0 nitrogen and oxygen atoms in total. The molecule has 0 N–H and O–H groups in total. The molecule has 0 saturated carbocycles. The smallest absolute Gasteiger partial charge is 0.0443 e. The van der Waals surface area contributed by atoms with Crippen molar-refractivity contribution in [2.75, 3.05) is 0 Å². The Morgan fingerprint density at radius 3 is 1.64 bits per heavy atom. The van der Waals surface area contributed by atoms with Crippen LogP contribution in [0.4, 0.5) is 0 Å². The lowest BCUT2D eigenvalue weighted by atomic mass is 9.56. The van der Waals surface area contributed by atoms with Gasteiger partial charge in [-0.3, -0.25) is 0 Å². The standard InChI is InChI=1S/C44H74/c1-9-17-23-26-28-30-35-41(34-29-27-24-18-10-2)42(36-31-25-19-11-3)44(39-22-14-6,40-33-21-13-5)43(16-8,37-15-7)38-32-20-12-4/h15-16,22,29-31,33-37,39-40H,8-14,17-21,23-28,32,38H2,1-7H3. The second-order valence-corrected chi connectivity index (χ2v) is 12.6. The molecular formula is C44H74. The molecule has 0 aliphatic rings. The molecule has 0 heterocycles. The first-order valence-corrected chi connectivity index (χ1v) is 18.9. The van der Waals surface area contributed by atoms with E-state index in [1.807, 2.05) is 0 Å². The minimum Gasteiger partial charge on any atom is -0.102 e. The molecule has 0 radical (unpaired) electrons. The average molecular weight is 603 g/mol. The molecule has 0 aromatic rings. The SMILES string of the molecule is C=CC(C=CC)(CCCCC)C(C=CCC)(C=CCCC)C(C=CCCCC)=C(C=CCCCCC)C=CCCCCCC. The number of hydrogen-bond donors (Lipinski definition) is 0. The molecule has 250 valence electrons. The molecule has 0 aliphatic heterocycles. The van der Waals surface area contributed by atoms with Gasteiger partial charge in [0.2, 0.25) is 0 Å². The maximum absolute atomic E-state index is 4.58. The Balaban J connectivity index is 7.85. The van der Waals surface area contributed by atoms with Gasteiger partial charge in [-0.05, 0) is 69.4 Å². The van der Waals surface area contributed by atoms with Gasteiger partial charge < -0.3 is 0 Å². The Morgan fingerprint density at radius 2 is 1.07 bits per heavy atom. The number of allylic oxidation sites excluding steroid dienone is 15. The van der Waals surface area contributed by atoms with Crippen molar-refractivity contribution in [2.45, 2.75) is 170 Å². The molecule has 0 aromatic heterocycles. The molecule has 0 amide bonds. The molecule has 0 fully saturated rings. The molecule has 0 heteroatoms. The number of unbranched alkanes of at least 4 members (excludes halogenated alkanes) is 12. The highest BCUT2D eigenvalue weighted by molar-refractivity contribution is 5.53. The first-order valence-electron chi connectivity index (χ1n) is 18.9. The van der Waals surface area contributed by atoms with Crippen LogP contribution in [0.2, 0.25) is 0 Å². The van der Waals surface area contributed by atoms with E-state index in [0.29, 0.717) is 0 Å². The molecular weight excluding hydrogens is 528 g/mol. The van der Waals surface area contributed by atoms with E-state index in [4.69, 9.17) is 0 Å². The molecule has 0 bridgehead atoms. The van der Waals surface area contributed by atoms with Crippen LogP contribution in [0.25, 0.3) is 0 Å². The Kier molecular flexibility index (Phi) is 27.1. The summed E-state index contributed by atoms with van der Waals surface area (Å²) in [6.45, 7) is 20.5. The summed E-state index contributed by atoms with van der Waals surface area (Å²) in [6, 6.07) is 0. The molecule has 0 aromatic carbocycles. The summed E-state index contributed by atoms with van der Waals surface area (Å²) in [7, 11) is 0. The van der Waals surface area contributed by atoms with Gasteiger partial charge in [0.05, 0.1) is 0 Å². The van der Waals surface area contributed by atoms with Gasteiger partial charge in [-0.2, -0.15) is 0 Å². The molecule has 0 rings (SSSR count). The van der Waals surface area contributed by atoms with Crippen molar-refractivity contribution in [3.63, 3.8) is 0 Å². The summed E-state index contributed by atoms with van der Waals surface area (Å²) in [5.41, 5.74) is 2.21. The highest BCUT2D eigenvalue weighted by Crippen LogP contribution is 2.55. The van der Waals surface area contributed by atoms with Gasteiger partial charge >= 0.3 is 0 Å². The lowest BCUT2D eigenvalue weighted by molar-refractivity contribution is 0.278. The molecule has 2 unspecified atom stereocenters. The summed E-state index contributed by atoms with van der Waals surface area (Å²) in [5, 5.41) is 0. The van der Waals surface area contributed by atoms with Crippen molar-refractivity contribution in [1.82, 2.24) is 0 Å². The van der Waals surface area contributed by atoms with Crippen molar-refractivity contribution in [1.29, 1.82) is 0 Å². The minimum absolute atomic E-state index is 0.229. The molecule has 0 aliphatic carbocycles. The summed E-state index contributed by atoms with van der Waals surface area (Å²) >= 11 is 0. The number of hydrogen-bond acceptors (Lipinski definition) is 0. The van der Waals surface area contributed by atoms with Gasteiger partial charge in [0.25, 0.3) is 0 Å². The van der Waals surface area contributed by atoms with E-state index in [-0.39, 0.29) is 10.8 Å². The Labute approximate surface area is 277 Å². The van der Waals surface area contributed by atoms with Crippen molar-refractivity contribution < 1.29 is 0 Å².